The number of rotatable bonds is 5. The number of fused-ring (bicyclic) bond motifs is 1. The Balaban J connectivity index is 1.90. The molecule has 4 nitrogen and oxygen atoms in total. The monoisotopic (exact) mass is 244 g/mol. The van der Waals surface area contributed by atoms with Crippen molar-refractivity contribution >= 4 is 22.7 Å². The summed E-state index contributed by atoms with van der Waals surface area (Å²) in [7, 11) is 1.40. The van der Waals surface area contributed by atoms with Crippen LogP contribution in [-0.4, -0.2) is 24.6 Å². The van der Waals surface area contributed by atoms with Crippen LogP contribution in [0.15, 0.2) is 36.4 Å². The first kappa shape index (κ1) is 12.4. The van der Waals surface area contributed by atoms with Crippen LogP contribution in [0.3, 0.4) is 0 Å². The highest BCUT2D eigenvalue weighted by Gasteiger charge is 2.00. The summed E-state index contributed by atoms with van der Waals surface area (Å²) >= 11 is 0. The van der Waals surface area contributed by atoms with Gasteiger partial charge < -0.3 is 10.1 Å². The maximum atomic E-state index is 10.9. The molecule has 0 bridgehead atoms. The summed E-state index contributed by atoms with van der Waals surface area (Å²) in [4.78, 5) is 15.4. The normalized spacial score (nSPS) is 10.3. The third-order valence-electron chi connectivity index (χ3n) is 2.69. The van der Waals surface area contributed by atoms with Crippen LogP contribution in [0.1, 0.15) is 12.8 Å². The molecule has 0 fully saturated rings. The van der Waals surface area contributed by atoms with E-state index in [1.54, 1.807) is 0 Å². The number of methoxy groups -OCH3 is 1. The summed E-state index contributed by atoms with van der Waals surface area (Å²) in [5.74, 6) is 0.654. The molecule has 18 heavy (non-hydrogen) atoms. The second kappa shape index (κ2) is 6.00. The lowest BCUT2D eigenvalue weighted by molar-refractivity contribution is -0.140. The van der Waals surface area contributed by atoms with E-state index in [9.17, 15) is 4.79 Å². The number of nitrogens with one attached hydrogen (secondary N) is 1. The highest BCUT2D eigenvalue weighted by Crippen LogP contribution is 2.14. The summed E-state index contributed by atoms with van der Waals surface area (Å²) in [6.45, 7) is 0.709. The molecule has 0 radical (unpaired) electrons. The Kier molecular flexibility index (Phi) is 4.12. The number of aromatic nitrogens is 1. The first-order valence-corrected chi connectivity index (χ1v) is 5.96. The number of anilines is 1. The molecule has 0 atom stereocenters. The van der Waals surface area contributed by atoms with Gasteiger partial charge in [-0.25, -0.2) is 4.98 Å². The lowest BCUT2D eigenvalue weighted by atomic mass is 10.2. The predicted molar refractivity (Wildman–Crippen MR) is 71.5 cm³/mol. The number of para-hydroxylation sites is 1. The molecule has 94 valence electrons. The van der Waals surface area contributed by atoms with Crippen molar-refractivity contribution < 1.29 is 9.53 Å². The highest BCUT2D eigenvalue weighted by atomic mass is 16.5. The van der Waals surface area contributed by atoms with E-state index in [1.165, 1.54) is 7.11 Å². The number of hydrogen-bond acceptors (Lipinski definition) is 4. The van der Waals surface area contributed by atoms with Crippen molar-refractivity contribution in [3.05, 3.63) is 36.4 Å². The average Bonchev–Trinajstić information content (AvgIpc) is 2.43. The minimum atomic E-state index is -0.178. The maximum Gasteiger partial charge on any atom is 0.305 e. The molecule has 4 heteroatoms. The van der Waals surface area contributed by atoms with Crippen LogP contribution in [-0.2, 0) is 9.53 Å². The van der Waals surface area contributed by atoms with Gasteiger partial charge in [-0.15, -0.1) is 0 Å². The van der Waals surface area contributed by atoms with E-state index in [4.69, 9.17) is 0 Å². The zero-order valence-electron chi connectivity index (χ0n) is 10.3. The van der Waals surface area contributed by atoms with E-state index < -0.39 is 0 Å². The first-order valence-electron chi connectivity index (χ1n) is 5.96. The van der Waals surface area contributed by atoms with Gasteiger partial charge in [-0.3, -0.25) is 4.79 Å². The Labute approximate surface area is 106 Å². The van der Waals surface area contributed by atoms with E-state index in [2.05, 4.69) is 15.0 Å². The highest BCUT2D eigenvalue weighted by molar-refractivity contribution is 5.80. The molecular weight excluding hydrogens is 228 g/mol. The zero-order valence-corrected chi connectivity index (χ0v) is 10.3. The molecule has 1 heterocycles. The second-order valence-corrected chi connectivity index (χ2v) is 4.00. The summed E-state index contributed by atoms with van der Waals surface area (Å²) < 4.78 is 4.58. The van der Waals surface area contributed by atoms with Crippen molar-refractivity contribution in [3.8, 4) is 0 Å². The van der Waals surface area contributed by atoms with Gasteiger partial charge in [-0.1, -0.05) is 18.2 Å². The lowest BCUT2D eigenvalue weighted by Crippen LogP contribution is -2.07. The van der Waals surface area contributed by atoms with Crippen molar-refractivity contribution in [1.82, 2.24) is 4.98 Å². The topological polar surface area (TPSA) is 51.2 Å². The Bertz CT molecular complexity index is 540. The summed E-state index contributed by atoms with van der Waals surface area (Å²) in [5, 5.41) is 4.32. The summed E-state index contributed by atoms with van der Waals surface area (Å²) in [5.41, 5.74) is 0.968. The molecule has 1 aromatic heterocycles. The molecule has 1 N–H and O–H groups in total. The number of esters is 1. The molecule has 0 aliphatic heterocycles. The lowest BCUT2D eigenvalue weighted by Gasteiger charge is -2.06. The third-order valence-corrected chi connectivity index (χ3v) is 2.69. The molecule has 0 saturated carbocycles. The van der Waals surface area contributed by atoms with Crippen LogP contribution >= 0.6 is 0 Å². The number of carbonyl (C=O) groups is 1. The van der Waals surface area contributed by atoms with Crippen molar-refractivity contribution in [2.75, 3.05) is 19.0 Å². The molecule has 0 amide bonds. The molecule has 0 aliphatic rings. The fourth-order valence-electron chi connectivity index (χ4n) is 1.72. The fourth-order valence-corrected chi connectivity index (χ4v) is 1.72. The van der Waals surface area contributed by atoms with E-state index in [0.717, 1.165) is 23.1 Å². The van der Waals surface area contributed by atoms with E-state index in [1.807, 2.05) is 36.4 Å². The third kappa shape index (κ3) is 3.20. The minimum Gasteiger partial charge on any atom is -0.469 e. The summed E-state index contributed by atoms with van der Waals surface area (Å²) in [6.07, 6.45) is 1.16. The van der Waals surface area contributed by atoms with Crippen molar-refractivity contribution in [2.24, 2.45) is 0 Å². The van der Waals surface area contributed by atoms with Crippen molar-refractivity contribution in [1.29, 1.82) is 0 Å². The van der Waals surface area contributed by atoms with Gasteiger partial charge in [0.2, 0.25) is 0 Å². The van der Waals surface area contributed by atoms with Crippen LogP contribution in [0.4, 0.5) is 5.82 Å². The quantitative estimate of drug-likeness (QED) is 0.649. The number of pyridine rings is 1. The van der Waals surface area contributed by atoms with Crippen LogP contribution in [0, 0.1) is 0 Å². The zero-order chi connectivity index (χ0) is 12.8. The molecule has 2 aromatic rings. The number of benzene rings is 1. The van der Waals surface area contributed by atoms with E-state index in [-0.39, 0.29) is 5.97 Å². The van der Waals surface area contributed by atoms with E-state index >= 15 is 0 Å². The molecule has 0 saturated heterocycles. The number of carbonyl (C=O) groups excluding carboxylic acids is 1. The van der Waals surface area contributed by atoms with Gasteiger partial charge in [0.25, 0.3) is 0 Å². The number of ether oxygens (including phenoxy) is 1. The molecule has 2 rings (SSSR count). The number of hydrogen-bond donors (Lipinski definition) is 1. The fraction of sp³-hybridized carbons (Fsp3) is 0.286. The van der Waals surface area contributed by atoms with Crippen LogP contribution in [0.2, 0.25) is 0 Å². The molecule has 0 spiro atoms. The van der Waals surface area contributed by atoms with Gasteiger partial charge >= 0.3 is 5.97 Å². The SMILES string of the molecule is COC(=O)CCCNc1ccc2ccccc2n1. The Hall–Kier alpha value is -2.10. The van der Waals surface area contributed by atoms with Crippen LogP contribution in [0.25, 0.3) is 10.9 Å². The maximum absolute atomic E-state index is 10.9. The average molecular weight is 244 g/mol. The van der Waals surface area contributed by atoms with Crippen LogP contribution < -0.4 is 5.32 Å². The largest absolute Gasteiger partial charge is 0.469 e. The van der Waals surface area contributed by atoms with Gasteiger partial charge in [0.15, 0.2) is 0 Å². The summed E-state index contributed by atoms with van der Waals surface area (Å²) in [6, 6.07) is 12.0. The molecular formula is C14H16N2O2. The Morgan fingerprint density at radius 3 is 2.94 bits per heavy atom. The van der Waals surface area contributed by atoms with Gasteiger partial charge in [0.1, 0.15) is 5.82 Å². The van der Waals surface area contributed by atoms with Crippen LogP contribution in [0.5, 0.6) is 0 Å². The minimum absolute atomic E-state index is 0.178. The molecule has 0 unspecified atom stereocenters. The Morgan fingerprint density at radius 2 is 2.11 bits per heavy atom. The smallest absolute Gasteiger partial charge is 0.305 e. The standard InChI is InChI=1S/C14H16N2O2/c1-18-14(17)7-4-10-15-13-9-8-11-5-2-3-6-12(11)16-13/h2-3,5-6,8-9H,4,7,10H2,1H3,(H,15,16). The first-order chi connectivity index (χ1) is 8.79. The van der Waals surface area contributed by atoms with Gasteiger partial charge in [0.05, 0.1) is 12.6 Å². The second-order valence-electron chi connectivity index (χ2n) is 4.00. The van der Waals surface area contributed by atoms with E-state index in [0.29, 0.717) is 13.0 Å². The van der Waals surface area contributed by atoms with Gasteiger partial charge in [0, 0.05) is 18.4 Å². The number of nitrogens with zero attached hydrogens (tertiary/aromatic N) is 1. The van der Waals surface area contributed by atoms with Gasteiger partial charge in [-0.05, 0) is 24.6 Å². The van der Waals surface area contributed by atoms with Crippen molar-refractivity contribution in [2.45, 2.75) is 12.8 Å². The molecule has 0 aliphatic carbocycles. The van der Waals surface area contributed by atoms with Crippen molar-refractivity contribution in [3.63, 3.8) is 0 Å². The molecule has 1 aromatic carbocycles. The van der Waals surface area contributed by atoms with Gasteiger partial charge in [-0.2, -0.15) is 0 Å². The predicted octanol–water partition coefficient (Wildman–Crippen LogP) is 2.60. The Morgan fingerprint density at radius 1 is 1.28 bits per heavy atom.